The lowest BCUT2D eigenvalue weighted by atomic mass is 9.68. The van der Waals surface area contributed by atoms with Crippen LogP contribution in [-0.2, 0) is 0 Å². The molecule has 2 N–H and O–H groups in total. The average Bonchev–Trinajstić information content (AvgIpc) is 3.54. The minimum absolute atomic E-state index is 0.602. The number of rotatable bonds is 20. The van der Waals surface area contributed by atoms with E-state index in [2.05, 4.69) is 57.7 Å². The summed E-state index contributed by atoms with van der Waals surface area (Å²) in [5.74, 6) is 5.68. The van der Waals surface area contributed by atoms with Crippen molar-refractivity contribution in [3.8, 4) is 0 Å². The van der Waals surface area contributed by atoms with Crippen molar-refractivity contribution < 1.29 is 0 Å². The van der Waals surface area contributed by atoms with Gasteiger partial charge in [0.05, 0.1) is 0 Å². The summed E-state index contributed by atoms with van der Waals surface area (Å²) in [4.78, 5) is 0. The molecular formula is C40H69N. The van der Waals surface area contributed by atoms with Gasteiger partial charge < -0.3 is 5.73 Å². The molecule has 0 aromatic heterocycles. The largest absolute Gasteiger partial charge is 0.330 e. The summed E-state index contributed by atoms with van der Waals surface area (Å²) in [6, 6.07) is 0. The maximum atomic E-state index is 5.87. The molecule has 0 aromatic rings. The number of nitrogens with two attached hydrogens (primary N) is 1. The van der Waals surface area contributed by atoms with Crippen molar-refractivity contribution in [1.29, 1.82) is 0 Å². The Morgan fingerprint density at radius 1 is 0.951 bits per heavy atom. The van der Waals surface area contributed by atoms with Crippen LogP contribution in [0.25, 0.3) is 0 Å². The van der Waals surface area contributed by atoms with Gasteiger partial charge in [0.25, 0.3) is 0 Å². The van der Waals surface area contributed by atoms with E-state index in [-0.39, 0.29) is 0 Å². The quantitative estimate of drug-likeness (QED) is 0.116. The second-order valence-corrected chi connectivity index (χ2v) is 14.8. The van der Waals surface area contributed by atoms with Crippen LogP contribution >= 0.6 is 0 Å². The molecule has 3 aliphatic rings. The predicted octanol–water partition coefficient (Wildman–Crippen LogP) is 12.1. The van der Waals surface area contributed by atoms with Gasteiger partial charge in [0, 0.05) is 0 Å². The number of unbranched alkanes of at least 4 members (excludes halogenated alkanes) is 2. The minimum atomic E-state index is 0.602. The molecule has 3 aliphatic carbocycles. The highest BCUT2D eigenvalue weighted by molar-refractivity contribution is 5.25. The van der Waals surface area contributed by atoms with E-state index in [9.17, 15) is 0 Å². The molecule has 3 unspecified atom stereocenters. The first kappa shape index (κ1) is 34.4. The van der Waals surface area contributed by atoms with E-state index in [1.165, 1.54) is 135 Å². The van der Waals surface area contributed by atoms with Crippen molar-refractivity contribution >= 4 is 0 Å². The van der Waals surface area contributed by atoms with E-state index in [1.807, 2.05) is 0 Å². The smallest absolute Gasteiger partial charge is 0.00773 e. The van der Waals surface area contributed by atoms with Crippen molar-refractivity contribution in [2.24, 2.45) is 47.2 Å². The molecule has 41 heavy (non-hydrogen) atoms. The Balaban J connectivity index is 1.51. The van der Waals surface area contributed by atoms with Crippen LogP contribution in [0, 0.1) is 41.4 Å². The van der Waals surface area contributed by atoms with Gasteiger partial charge in [-0.25, -0.2) is 0 Å². The van der Waals surface area contributed by atoms with Crippen molar-refractivity contribution in [1.82, 2.24) is 0 Å². The third kappa shape index (κ3) is 12.6. The Bertz CT molecular complexity index is 790. The second kappa shape index (κ2) is 20.0. The molecule has 0 aromatic carbocycles. The second-order valence-electron chi connectivity index (χ2n) is 14.8. The molecule has 1 nitrogen and oxygen atoms in total. The molecule has 0 aliphatic heterocycles. The molecule has 1 heteroatoms. The van der Waals surface area contributed by atoms with Crippen LogP contribution in [0.15, 0.2) is 48.1 Å². The fourth-order valence-corrected chi connectivity index (χ4v) is 8.77. The number of hydrogen-bond acceptors (Lipinski definition) is 1. The predicted molar refractivity (Wildman–Crippen MR) is 183 cm³/mol. The Morgan fingerprint density at radius 3 is 2.27 bits per heavy atom. The molecular weight excluding hydrogens is 494 g/mol. The van der Waals surface area contributed by atoms with Gasteiger partial charge in [-0.2, -0.15) is 0 Å². The molecule has 234 valence electrons. The first-order valence-corrected chi connectivity index (χ1v) is 18.4. The summed E-state index contributed by atoms with van der Waals surface area (Å²) >= 11 is 0. The first-order valence-electron chi connectivity index (χ1n) is 18.4. The highest BCUT2D eigenvalue weighted by atomic mass is 14.5. The molecule has 2 saturated carbocycles. The van der Waals surface area contributed by atoms with Crippen LogP contribution in [0.3, 0.4) is 0 Å². The maximum absolute atomic E-state index is 5.87. The lowest BCUT2D eigenvalue weighted by Gasteiger charge is -2.37. The van der Waals surface area contributed by atoms with Gasteiger partial charge in [0.1, 0.15) is 0 Å². The lowest BCUT2D eigenvalue weighted by molar-refractivity contribution is 0.177. The molecule has 0 saturated heterocycles. The van der Waals surface area contributed by atoms with Crippen molar-refractivity contribution in [3.63, 3.8) is 0 Å². The highest BCUT2D eigenvalue weighted by Crippen LogP contribution is 2.42. The molecule has 2 fully saturated rings. The molecule has 0 bridgehead atoms. The van der Waals surface area contributed by atoms with Crippen molar-refractivity contribution in [2.45, 2.75) is 156 Å². The van der Waals surface area contributed by atoms with Crippen LogP contribution in [0.1, 0.15) is 156 Å². The molecule has 0 heterocycles. The van der Waals surface area contributed by atoms with Gasteiger partial charge in [0.15, 0.2) is 0 Å². The molecule has 0 radical (unpaired) electrons. The van der Waals surface area contributed by atoms with Gasteiger partial charge in [-0.1, -0.05) is 158 Å². The maximum Gasteiger partial charge on any atom is -0.00773 e. The van der Waals surface area contributed by atoms with Crippen LogP contribution in [-0.4, -0.2) is 6.54 Å². The summed E-state index contributed by atoms with van der Waals surface area (Å²) in [5.41, 5.74) is 9.15. The Morgan fingerprint density at radius 2 is 1.63 bits per heavy atom. The SMILES string of the molecule is C=CC(C/C=C(\C)C[C@@H](C)[C@H](CCCCN)CCCCC1CCCCC1)CC(C1CCCCC1)C(C)C1=CC=CC1. The minimum Gasteiger partial charge on any atom is -0.330 e. The van der Waals surface area contributed by atoms with Crippen LogP contribution in [0.2, 0.25) is 0 Å². The monoisotopic (exact) mass is 564 g/mol. The van der Waals surface area contributed by atoms with Gasteiger partial charge in [0.2, 0.25) is 0 Å². The van der Waals surface area contributed by atoms with Crippen LogP contribution in [0.4, 0.5) is 0 Å². The first-order chi connectivity index (χ1) is 20.0. The van der Waals surface area contributed by atoms with E-state index in [0.717, 1.165) is 36.1 Å². The zero-order valence-corrected chi connectivity index (χ0v) is 27.8. The highest BCUT2D eigenvalue weighted by Gasteiger charge is 2.31. The van der Waals surface area contributed by atoms with E-state index >= 15 is 0 Å². The van der Waals surface area contributed by atoms with Gasteiger partial charge in [-0.15, -0.1) is 6.58 Å². The molecule has 0 amide bonds. The third-order valence-electron chi connectivity index (χ3n) is 11.6. The topological polar surface area (TPSA) is 26.0 Å². The van der Waals surface area contributed by atoms with E-state index in [0.29, 0.717) is 11.8 Å². The Kier molecular flexibility index (Phi) is 16.8. The normalized spacial score (nSPS) is 22.7. The molecule has 0 spiro atoms. The third-order valence-corrected chi connectivity index (χ3v) is 11.6. The van der Waals surface area contributed by atoms with Gasteiger partial charge >= 0.3 is 0 Å². The van der Waals surface area contributed by atoms with E-state index in [1.54, 1.807) is 11.1 Å². The number of allylic oxidation sites excluding steroid dienone is 7. The van der Waals surface area contributed by atoms with Crippen molar-refractivity contribution in [3.05, 3.63) is 48.1 Å². The van der Waals surface area contributed by atoms with Crippen LogP contribution in [0.5, 0.6) is 0 Å². The van der Waals surface area contributed by atoms with E-state index < -0.39 is 0 Å². The zero-order valence-electron chi connectivity index (χ0n) is 27.8. The lowest BCUT2D eigenvalue weighted by Crippen LogP contribution is -2.27. The van der Waals surface area contributed by atoms with Crippen molar-refractivity contribution in [2.75, 3.05) is 6.54 Å². The van der Waals surface area contributed by atoms with E-state index in [4.69, 9.17) is 5.73 Å². The van der Waals surface area contributed by atoms with Gasteiger partial charge in [-0.3, -0.25) is 0 Å². The summed E-state index contributed by atoms with van der Waals surface area (Å²) in [5, 5.41) is 0. The summed E-state index contributed by atoms with van der Waals surface area (Å²) < 4.78 is 0. The standard InChI is InChI=1S/C40H69N/c1-5-35(31-40(39-25-10-7-11-26-39)34(4)38-23-14-15-24-38)28-27-32(2)30-33(3)37(22-16-17-29-41)21-13-12-20-36-18-8-6-9-19-36/h5,14-15,23,27,33-37,39-40H,1,6-13,16-22,24-26,28-31,41H2,2-4H3/b32-27+/t33-,34?,35?,37+,40?/m1/s1. The zero-order chi connectivity index (χ0) is 29.3. The number of hydrogen-bond donors (Lipinski definition) is 1. The molecule has 5 atom stereocenters. The summed E-state index contributed by atoms with van der Waals surface area (Å²) in [7, 11) is 0. The fraction of sp³-hybridized carbons (Fsp3) is 0.800. The summed E-state index contributed by atoms with van der Waals surface area (Å²) in [6.07, 6.45) is 41.2. The summed E-state index contributed by atoms with van der Waals surface area (Å²) in [6.45, 7) is 12.7. The Labute approximate surface area is 257 Å². The average molecular weight is 564 g/mol. The van der Waals surface area contributed by atoms with Crippen LogP contribution < -0.4 is 5.73 Å². The van der Waals surface area contributed by atoms with Gasteiger partial charge in [-0.05, 0) is 87.0 Å². The molecule has 3 rings (SSSR count). The Hall–Kier alpha value is -1.08. The fourth-order valence-electron chi connectivity index (χ4n) is 8.77.